The maximum atomic E-state index is 13.9. The van der Waals surface area contributed by atoms with Crippen LogP contribution >= 0.6 is 0 Å². The predicted octanol–water partition coefficient (Wildman–Crippen LogP) is 2.12. The third-order valence-corrected chi connectivity index (χ3v) is 3.58. The van der Waals surface area contributed by atoms with E-state index in [-0.39, 0.29) is 6.54 Å². The van der Waals surface area contributed by atoms with Crippen LogP contribution in [-0.4, -0.2) is 22.9 Å². The molecule has 0 heterocycles. The van der Waals surface area contributed by atoms with Gasteiger partial charge in [-0.2, -0.15) is 4.39 Å². The van der Waals surface area contributed by atoms with Crippen LogP contribution in [0.5, 0.6) is 0 Å². The summed E-state index contributed by atoms with van der Waals surface area (Å²) >= 11 is 0. The van der Waals surface area contributed by atoms with E-state index in [1.807, 2.05) is 0 Å². The van der Waals surface area contributed by atoms with Crippen LogP contribution in [0.4, 0.5) is 14.5 Å². The van der Waals surface area contributed by atoms with E-state index >= 15 is 0 Å². The molecule has 0 fully saturated rings. The molecule has 1 aromatic rings. The molecule has 0 aliphatic heterocycles. The number of nitrogens with two attached hydrogens (primary N) is 1. The molecule has 1 rings (SSSR count). The third kappa shape index (κ3) is 3.52. The minimum Gasteiger partial charge on any atom is -0.345 e. The Kier molecular flexibility index (Phi) is 5.31. The molecule has 0 saturated carbocycles. The first-order chi connectivity index (χ1) is 9.80. The van der Waals surface area contributed by atoms with E-state index in [1.54, 1.807) is 13.8 Å². The number of nitro benzene ring substituents is 1. The third-order valence-electron chi connectivity index (χ3n) is 3.58. The first kappa shape index (κ1) is 17.0. The summed E-state index contributed by atoms with van der Waals surface area (Å²) in [6.45, 7) is 3.70. The summed E-state index contributed by atoms with van der Waals surface area (Å²) in [6, 6.07) is 1.06. The van der Waals surface area contributed by atoms with Gasteiger partial charge in [0.15, 0.2) is 0 Å². The van der Waals surface area contributed by atoms with Crippen molar-refractivity contribution in [2.75, 3.05) is 6.54 Å². The average molecular weight is 301 g/mol. The number of nitrogens with one attached hydrogen (secondary N) is 1. The predicted molar refractivity (Wildman–Crippen MR) is 72.8 cm³/mol. The number of carbonyl (C=O) groups excluding carboxylic acids is 1. The SMILES string of the molecule is CCC(CC)(CN)NC(=O)c1cc(F)cc([N+](=O)[O-])c1F. The molecule has 0 aliphatic rings. The Bertz CT molecular complexity index is 552. The average Bonchev–Trinajstić information content (AvgIpc) is 2.46. The van der Waals surface area contributed by atoms with E-state index in [0.717, 1.165) is 0 Å². The Hall–Kier alpha value is -2.09. The standard InChI is InChI=1S/C13H17F2N3O3/c1-3-13(4-2,7-16)17-12(19)9-5-8(14)6-10(11(9)15)18(20)21/h5-6H,3-4,7,16H2,1-2H3,(H,17,19). The van der Waals surface area contributed by atoms with Crippen molar-refractivity contribution < 1.29 is 18.5 Å². The number of nitrogens with zero attached hydrogens (tertiary/aromatic N) is 1. The van der Waals surface area contributed by atoms with Crippen molar-refractivity contribution in [2.24, 2.45) is 5.73 Å². The van der Waals surface area contributed by atoms with Crippen molar-refractivity contribution in [3.8, 4) is 0 Å². The molecule has 0 aliphatic carbocycles. The monoisotopic (exact) mass is 301 g/mol. The van der Waals surface area contributed by atoms with Crippen molar-refractivity contribution in [1.82, 2.24) is 5.32 Å². The molecule has 0 bridgehead atoms. The zero-order valence-electron chi connectivity index (χ0n) is 11.8. The first-order valence-electron chi connectivity index (χ1n) is 6.46. The van der Waals surface area contributed by atoms with Crippen molar-refractivity contribution in [1.29, 1.82) is 0 Å². The van der Waals surface area contributed by atoms with Gasteiger partial charge in [-0.1, -0.05) is 13.8 Å². The van der Waals surface area contributed by atoms with Crippen LogP contribution in [0.15, 0.2) is 12.1 Å². The molecule has 0 atom stereocenters. The lowest BCUT2D eigenvalue weighted by Gasteiger charge is -2.31. The molecule has 1 aromatic carbocycles. The number of benzene rings is 1. The quantitative estimate of drug-likeness (QED) is 0.621. The number of nitro groups is 1. The molecule has 0 saturated heterocycles. The number of hydrogen-bond acceptors (Lipinski definition) is 4. The van der Waals surface area contributed by atoms with Crippen LogP contribution in [0, 0.1) is 21.7 Å². The summed E-state index contributed by atoms with van der Waals surface area (Å²) in [7, 11) is 0. The van der Waals surface area contributed by atoms with Crippen molar-refractivity contribution in [2.45, 2.75) is 32.2 Å². The topological polar surface area (TPSA) is 98.3 Å². The lowest BCUT2D eigenvalue weighted by molar-refractivity contribution is -0.387. The van der Waals surface area contributed by atoms with E-state index in [1.165, 1.54) is 0 Å². The molecular weight excluding hydrogens is 284 g/mol. The maximum Gasteiger partial charge on any atom is 0.308 e. The summed E-state index contributed by atoms with van der Waals surface area (Å²) in [5.41, 5.74) is 3.07. The Morgan fingerprint density at radius 2 is 1.95 bits per heavy atom. The minimum atomic E-state index is -1.36. The van der Waals surface area contributed by atoms with Gasteiger partial charge >= 0.3 is 5.69 Å². The molecule has 1 amide bonds. The van der Waals surface area contributed by atoms with E-state index < -0.39 is 39.3 Å². The smallest absolute Gasteiger partial charge is 0.308 e. The van der Waals surface area contributed by atoms with E-state index in [2.05, 4.69) is 5.32 Å². The highest BCUT2D eigenvalue weighted by Gasteiger charge is 2.30. The molecule has 0 unspecified atom stereocenters. The molecule has 0 spiro atoms. The van der Waals surface area contributed by atoms with Gasteiger partial charge in [0.2, 0.25) is 5.82 Å². The molecule has 3 N–H and O–H groups in total. The van der Waals surface area contributed by atoms with E-state index in [9.17, 15) is 23.7 Å². The van der Waals surface area contributed by atoms with Gasteiger partial charge < -0.3 is 11.1 Å². The van der Waals surface area contributed by atoms with E-state index in [0.29, 0.717) is 25.0 Å². The first-order valence-corrected chi connectivity index (χ1v) is 6.46. The normalized spacial score (nSPS) is 11.3. The molecular formula is C13H17F2N3O3. The number of amides is 1. The van der Waals surface area contributed by atoms with Crippen molar-refractivity contribution in [3.05, 3.63) is 39.4 Å². The fraction of sp³-hybridized carbons (Fsp3) is 0.462. The summed E-state index contributed by atoms with van der Waals surface area (Å²) in [5, 5.41) is 13.2. The van der Waals surface area contributed by atoms with Gasteiger partial charge in [-0.05, 0) is 18.9 Å². The zero-order chi connectivity index (χ0) is 16.2. The van der Waals surface area contributed by atoms with Gasteiger partial charge in [-0.15, -0.1) is 0 Å². The van der Waals surface area contributed by atoms with E-state index in [4.69, 9.17) is 5.73 Å². The maximum absolute atomic E-state index is 13.9. The minimum absolute atomic E-state index is 0.116. The Balaban J connectivity index is 3.22. The largest absolute Gasteiger partial charge is 0.345 e. The van der Waals surface area contributed by atoms with Gasteiger partial charge in [0.25, 0.3) is 5.91 Å². The summed E-state index contributed by atoms with van der Waals surface area (Å²) in [4.78, 5) is 21.7. The lowest BCUT2D eigenvalue weighted by Crippen LogP contribution is -2.53. The lowest BCUT2D eigenvalue weighted by atomic mass is 9.92. The van der Waals surface area contributed by atoms with Crippen LogP contribution in [-0.2, 0) is 0 Å². The Morgan fingerprint density at radius 3 is 2.38 bits per heavy atom. The number of hydrogen-bond donors (Lipinski definition) is 2. The van der Waals surface area contributed by atoms with Crippen molar-refractivity contribution >= 4 is 11.6 Å². The van der Waals surface area contributed by atoms with Gasteiger partial charge in [0, 0.05) is 6.54 Å². The molecule has 8 heteroatoms. The highest BCUT2D eigenvalue weighted by molar-refractivity contribution is 5.95. The number of carbonyl (C=O) groups is 1. The highest BCUT2D eigenvalue weighted by Crippen LogP contribution is 2.23. The van der Waals surface area contributed by atoms with Gasteiger partial charge in [0.05, 0.1) is 22.1 Å². The van der Waals surface area contributed by atoms with Crippen molar-refractivity contribution in [3.63, 3.8) is 0 Å². The molecule has 0 radical (unpaired) electrons. The fourth-order valence-corrected chi connectivity index (χ4v) is 1.95. The van der Waals surface area contributed by atoms with Crippen LogP contribution in [0.25, 0.3) is 0 Å². The Labute approximate surface area is 120 Å². The van der Waals surface area contributed by atoms with Crippen LogP contribution in [0.2, 0.25) is 0 Å². The zero-order valence-corrected chi connectivity index (χ0v) is 11.8. The molecule has 21 heavy (non-hydrogen) atoms. The van der Waals surface area contributed by atoms with Gasteiger partial charge in [-0.25, -0.2) is 4.39 Å². The molecule has 0 aromatic heterocycles. The summed E-state index contributed by atoms with van der Waals surface area (Å²) in [6.07, 6.45) is 0.982. The van der Waals surface area contributed by atoms with Gasteiger partial charge in [0.1, 0.15) is 5.82 Å². The Morgan fingerprint density at radius 1 is 1.38 bits per heavy atom. The number of halogens is 2. The van der Waals surface area contributed by atoms with Gasteiger partial charge in [-0.3, -0.25) is 14.9 Å². The second-order valence-electron chi connectivity index (χ2n) is 4.69. The second-order valence-corrected chi connectivity index (χ2v) is 4.69. The number of rotatable bonds is 6. The van der Waals surface area contributed by atoms with Crippen LogP contribution in [0.1, 0.15) is 37.0 Å². The van der Waals surface area contributed by atoms with Crippen LogP contribution in [0.3, 0.4) is 0 Å². The molecule has 116 valence electrons. The molecule has 6 nitrogen and oxygen atoms in total. The fourth-order valence-electron chi connectivity index (χ4n) is 1.95. The highest BCUT2D eigenvalue weighted by atomic mass is 19.1. The van der Waals surface area contributed by atoms with Crippen LogP contribution < -0.4 is 11.1 Å². The second kappa shape index (κ2) is 6.57. The summed E-state index contributed by atoms with van der Waals surface area (Å²) < 4.78 is 27.3. The summed E-state index contributed by atoms with van der Waals surface area (Å²) in [5.74, 6) is -3.35.